The lowest BCUT2D eigenvalue weighted by atomic mass is 10.0. The van der Waals surface area contributed by atoms with E-state index in [1.807, 2.05) is 30.0 Å². The Morgan fingerprint density at radius 1 is 1.23 bits per heavy atom. The first kappa shape index (κ1) is 16.5. The van der Waals surface area contributed by atoms with E-state index in [4.69, 9.17) is 0 Å². The average molecular weight is 351 g/mol. The standard InChI is InChI=1S/C19H21N5O2/c1-13-7-8-14(11-21-13)18(25)23-10-4-5-15(12-23)24-17-16(6-3-9-20-17)22(2)19(24)26/h3,6-9,11,15H,4-5,10,12H2,1-2H3/t15-/m0/s1. The lowest BCUT2D eigenvalue weighted by Crippen LogP contribution is -2.43. The second-order valence-electron chi connectivity index (χ2n) is 6.79. The average Bonchev–Trinajstić information content (AvgIpc) is 2.93. The van der Waals surface area contributed by atoms with Gasteiger partial charge in [0.15, 0.2) is 5.65 Å². The van der Waals surface area contributed by atoms with E-state index >= 15 is 0 Å². The van der Waals surface area contributed by atoms with Gasteiger partial charge in [-0.2, -0.15) is 0 Å². The zero-order valence-electron chi connectivity index (χ0n) is 14.9. The number of aromatic nitrogens is 4. The number of hydrogen-bond donors (Lipinski definition) is 0. The number of amides is 1. The van der Waals surface area contributed by atoms with Crippen LogP contribution in [0, 0.1) is 6.92 Å². The van der Waals surface area contributed by atoms with Gasteiger partial charge in [-0.05, 0) is 44.0 Å². The summed E-state index contributed by atoms with van der Waals surface area (Å²) in [5.74, 6) is -0.0385. The third-order valence-electron chi connectivity index (χ3n) is 5.06. The molecule has 0 spiro atoms. The lowest BCUT2D eigenvalue weighted by Gasteiger charge is -2.33. The summed E-state index contributed by atoms with van der Waals surface area (Å²) < 4.78 is 3.36. The predicted octanol–water partition coefficient (Wildman–Crippen LogP) is 1.92. The molecule has 4 heterocycles. The number of rotatable bonds is 2. The smallest absolute Gasteiger partial charge is 0.330 e. The van der Waals surface area contributed by atoms with Crippen molar-refractivity contribution >= 4 is 17.1 Å². The van der Waals surface area contributed by atoms with Gasteiger partial charge in [-0.3, -0.25) is 18.9 Å². The van der Waals surface area contributed by atoms with Gasteiger partial charge in [0.1, 0.15) is 0 Å². The molecule has 1 atom stereocenters. The number of pyridine rings is 2. The Morgan fingerprint density at radius 3 is 2.85 bits per heavy atom. The maximum Gasteiger partial charge on any atom is 0.330 e. The number of fused-ring (bicyclic) bond motifs is 1. The van der Waals surface area contributed by atoms with E-state index in [1.165, 1.54) is 0 Å². The highest BCUT2D eigenvalue weighted by atomic mass is 16.2. The summed E-state index contributed by atoms with van der Waals surface area (Å²) in [6.45, 7) is 3.09. The molecule has 0 aromatic carbocycles. The normalized spacial score (nSPS) is 17.6. The van der Waals surface area contributed by atoms with Crippen molar-refractivity contribution in [2.75, 3.05) is 13.1 Å². The van der Waals surface area contributed by atoms with Crippen molar-refractivity contribution in [2.45, 2.75) is 25.8 Å². The van der Waals surface area contributed by atoms with Crippen molar-refractivity contribution in [3.63, 3.8) is 0 Å². The van der Waals surface area contributed by atoms with Crippen LogP contribution in [0.1, 0.15) is 34.9 Å². The van der Waals surface area contributed by atoms with Gasteiger partial charge in [0.05, 0.1) is 17.1 Å². The van der Waals surface area contributed by atoms with E-state index in [0.29, 0.717) is 24.3 Å². The summed E-state index contributed by atoms with van der Waals surface area (Å²) in [5.41, 5.74) is 2.86. The molecule has 0 radical (unpaired) electrons. The van der Waals surface area contributed by atoms with E-state index in [2.05, 4.69) is 9.97 Å². The molecule has 3 aromatic heterocycles. The third-order valence-corrected chi connectivity index (χ3v) is 5.06. The Morgan fingerprint density at radius 2 is 2.08 bits per heavy atom. The molecular formula is C19H21N5O2. The quantitative estimate of drug-likeness (QED) is 0.707. The van der Waals surface area contributed by atoms with Crippen LogP contribution >= 0.6 is 0 Å². The van der Waals surface area contributed by atoms with Gasteiger partial charge in [0.25, 0.3) is 5.91 Å². The van der Waals surface area contributed by atoms with Crippen LogP contribution in [0.15, 0.2) is 41.5 Å². The fraction of sp³-hybridized carbons (Fsp3) is 0.368. The van der Waals surface area contributed by atoms with Crippen LogP contribution in [-0.2, 0) is 7.05 Å². The summed E-state index contributed by atoms with van der Waals surface area (Å²) in [5, 5.41) is 0. The number of hydrogen-bond acceptors (Lipinski definition) is 4. The van der Waals surface area contributed by atoms with Crippen molar-refractivity contribution in [3.05, 3.63) is 58.4 Å². The Labute approximate surface area is 150 Å². The topological polar surface area (TPSA) is 73.0 Å². The number of carbonyl (C=O) groups is 1. The van der Waals surface area contributed by atoms with Gasteiger partial charge in [-0.1, -0.05) is 0 Å². The van der Waals surface area contributed by atoms with Crippen LogP contribution in [0.4, 0.5) is 0 Å². The monoisotopic (exact) mass is 351 g/mol. The van der Waals surface area contributed by atoms with Crippen LogP contribution in [-0.4, -0.2) is 43.0 Å². The van der Waals surface area contributed by atoms with Gasteiger partial charge in [-0.15, -0.1) is 0 Å². The maximum absolute atomic E-state index is 12.8. The van der Waals surface area contributed by atoms with Crippen LogP contribution in [0.25, 0.3) is 11.2 Å². The number of piperidine rings is 1. The molecule has 3 aromatic rings. The minimum absolute atomic E-state index is 0.0385. The molecule has 134 valence electrons. The molecule has 0 bridgehead atoms. The molecule has 1 aliphatic rings. The van der Waals surface area contributed by atoms with Gasteiger partial charge in [-0.25, -0.2) is 9.78 Å². The second-order valence-corrected chi connectivity index (χ2v) is 6.79. The Hall–Kier alpha value is -2.96. The molecule has 7 heteroatoms. The SMILES string of the molecule is Cc1ccc(C(=O)N2CCC[C@H](n3c(=O)n(C)c4cccnc43)C2)cn1. The molecule has 26 heavy (non-hydrogen) atoms. The van der Waals surface area contributed by atoms with Gasteiger partial charge in [0, 0.05) is 38.2 Å². The molecule has 1 amide bonds. The van der Waals surface area contributed by atoms with E-state index in [0.717, 1.165) is 24.1 Å². The molecule has 1 aliphatic heterocycles. The first-order valence-corrected chi connectivity index (χ1v) is 8.80. The van der Waals surface area contributed by atoms with Gasteiger partial charge >= 0.3 is 5.69 Å². The van der Waals surface area contributed by atoms with Gasteiger partial charge in [0.2, 0.25) is 0 Å². The fourth-order valence-electron chi connectivity index (χ4n) is 3.65. The predicted molar refractivity (Wildman–Crippen MR) is 98.1 cm³/mol. The third kappa shape index (κ3) is 2.69. The Balaban J connectivity index is 1.66. The second kappa shape index (κ2) is 6.40. The lowest BCUT2D eigenvalue weighted by molar-refractivity contribution is 0.0678. The summed E-state index contributed by atoms with van der Waals surface area (Å²) in [6.07, 6.45) is 5.02. The summed E-state index contributed by atoms with van der Waals surface area (Å²) in [7, 11) is 1.76. The molecule has 7 nitrogen and oxygen atoms in total. The number of aryl methyl sites for hydroxylation is 2. The van der Waals surface area contributed by atoms with E-state index in [1.54, 1.807) is 34.6 Å². The van der Waals surface area contributed by atoms with Crippen LogP contribution in [0.3, 0.4) is 0 Å². The molecule has 0 aliphatic carbocycles. The van der Waals surface area contributed by atoms with Gasteiger partial charge < -0.3 is 4.90 Å². The molecular weight excluding hydrogens is 330 g/mol. The van der Waals surface area contributed by atoms with Crippen molar-refractivity contribution in [2.24, 2.45) is 7.05 Å². The molecule has 4 rings (SSSR count). The summed E-state index contributed by atoms with van der Waals surface area (Å²) in [6, 6.07) is 7.29. The highest BCUT2D eigenvalue weighted by Crippen LogP contribution is 2.24. The Kier molecular flexibility index (Phi) is 4.06. The number of likely N-dealkylation sites (tertiary alicyclic amines) is 1. The first-order valence-electron chi connectivity index (χ1n) is 8.80. The summed E-state index contributed by atoms with van der Waals surface area (Å²) in [4.78, 5) is 36.0. The molecule has 0 N–H and O–H groups in total. The van der Waals surface area contributed by atoms with Crippen LogP contribution < -0.4 is 5.69 Å². The summed E-state index contributed by atoms with van der Waals surface area (Å²) >= 11 is 0. The number of imidazole rings is 1. The van der Waals surface area contributed by atoms with Crippen molar-refractivity contribution in [3.8, 4) is 0 Å². The van der Waals surface area contributed by atoms with E-state index in [9.17, 15) is 9.59 Å². The van der Waals surface area contributed by atoms with Crippen molar-refractivity contribution < 1.29 is 4.79 Å². The maximum atomic E-state index is 12.8. The van der Waals surface area contributed by atoms with E-state index < -0.39 is 0 Å². The van der Waals surface area contributed by atoms with Crippen molar-refractivity contribution in [1.29, 1.82) is 0 Å². The zero-order valence-corrected chi connectivity index (χ0v) is 14.9. The molecule has 1 fully saturated rings. The fourth-order valence-corrected chi connectivity index (χ4v) is 3.65. The van der Waals surface area contributed by atoms with Crippen LogP contribution in [0.5, 0.6) is 0 Å². The molecule has 0 unspecified atom stereocenters. The van der Waals surface area contributed by atoms with E-state index in [-0.39, 0.29) is 17.6 Å². The number of nitrogens with zero attached hydrogens (tertiary/aromatic N) is 5. The molecule has 1 saturated heterocycles. The highest BCUT2D eigenvalue weighted by molar-refractivity contribution is 5.94. The Bertz CT molecular complexity index is 1020. The minimum Gasteiger partial charge on any atom is -0.337 e. The van der Waals surface area contributed by atoms with Crippen LogP contribution in [0.2, 0.25) is 0 Å². The first-order chi connectivity index (χ1) is 12.6. The number of carbonyl (C=O) groups excluding carboxylic acids is 1. The molecule has 0 saturated carbocycles. The highest BCUT2D eigenvalue weighted by Gasteiger charge is 2.28. The zero-order chi connectivity index (χ0) is 18.3. The van der Waals surface area contributed by atoms with Crippen molar-refractivity contribution in [1.82, 2.24) is 24.0 Å². The largest absolute Gasteiger partial charge is 0.337 e. The minimum atomic E-state index is -0.0880.